The molecule has 158 valence electrons. The molecule has 0 saturated heterocycles. The predicted octanol–water partition coefficient (Wildman–Crippen LogP) is 5.15. The molecule has 0 fully saturated rings. The molecule has 0 spiro atoms. The van der Waals surface area contributed by atoms with Crippen molar-refractivity contribution in [2.75, 3.05) is 6.61 Å². The van der Waals surface area contributed by atoms with Crippen LogP contribution in [-0.4, -0.2) is 27.6 Å². The Balaban J connectivity index is 1.56. The van der Waals surface area contributed by atoms with Gasteiger partial charge in [0.15, 0.2) is 23.0 Å². The van der Waals surface area contributed by atoms with Crippen molar-refractivity contribution in [2.45, 2.75) is 20.0 Å². The fraction of sp³-hybridized carbons (Fsp3) is 0.174. The Bertz CT molecular complexity index is 1230. The molecule has 0 radical (unpaired) electrons. The smallest absolute Gasteiger partial charge is 0.242 e. The summed E-state index contributed by atoms with van der Waals surface area (Å²) in [6.45, 7) is 2.47. The Morgan fingerprint density at radius 2 is 1.94 bits per heavy atom. The summed E-state index contributed by atoms with van der Waals surface area (Å²) in [6.07, 6.45) is 1.45. The third-order valence-electron chi connectivity index (χ3n) is 4.66. The van der Waals surface area contributed by atoms with Gasteiger partial charge in [-0.1, -0.05) is 41.9 Å². The summed E-state index contributed by atoms with van der Waals surface area (Å²) in [4.78, 5) is 17.2. The van der Waals surface area contributed by atoms with Crippen LogP contribution in [0, 0.1) is 5.82 Å². The number of halogens is 2. The number of Topliss-reactive ketones (excluding diaryl/α,β-unsaturated/α-hetero) is 1. The van der Waals surface area contributed by atoms with Gasteiger partial charge < -0.3 is 9.47 Å². The number of benzene rings is 2. The average molecular weight is 440 g/mol. The molecular formula is C23H19ClFN3O3. The number of pyridine rings is 1. The molecule has 0 aliphatic rings. The number of hydrogen-bond donors (Lipinski definition) is 1. The van der Waals surface area contributed by atoms with Crippen molar-refractivity contribution in [3.05, 3.63) is 82.3 Å². The van der Waals surface area contributed by atoms with Crippen LogP contribution in [0.3, 0.4) is 0 Å². The van der Waals surface area contributed by atoms with Crippen molar-refractivity contribution in [3.8, 4) is 11.6 Å². The second-order valence-electron chi connectivity index (χ2n) is 6.81. The Morgan fingerprint density at radius 1 is 1.13 bits per heavy atom. The zero-order chi connectivity index (χ0) is 21.8. The highest BCUT2D eigenvalue weighted by molar-refractivity contribution is 6.34. The highest BCUT2D eigenvalue weighted by Crippen LogP contribution is 2.30. The molecule has 6 nitrogen and oxygen atoms in total. The molecule has 8 heteroatoms. The van der Waals surface area contributed by atoms with Gasteiger partial charge in [0.2, 0.25) is 5.88 Å². The first kappa shape index (κ1) is 20.8. The van der Waals surface area contributed by atoms with Crippen LogP contribution in [0.5, 0.6) is 11.6 Å². The van der Waals surface area contributed by atoms with Crippen molar-refractivity contribution < 1.29 is 18.7 Å². The summed E-state index contributed by atoms with van der Waals surface area (Å²) >= 11 is 6.16. The van der Waals surface area contributed by atoms with Gasteiger partial charge in [0, 0.05) is 12.6 Å². The van der Waals surface area contributed by atoms with E-state index in [4.69, 9.17) is 21.1 Å². The minimum Gasteiger partial charge on any atom is -0.486 e. The molecule has 4 rings (SSSR count). The zero-order valence-corrected chi connectivity index (χ0v) is 17.4. The molecule has 2 heterocycles. The highest BCUT2D eigenvalue weighted by Gasteiger charge is 2.21. The van der Waals surface area contributed by atoms with Crippen molar-refractivity contribution in [1.29, 1.82) is 0 Å². The van der Waals surface area contributed by atoms with Crippen molar-refractivity contribution in [1.82, 2.24) is 15.2 Å². The topological polar surface area (TPSA) is 77.1 Å². The largest absolute Gasteiger partial charge is 0.486 e. The molecule has 0 saturated carbocycles. The van der Waals surface area contributed by atoms with E-state index in [0.29, 0.717) is 29.1 Å². The minimum absolute atomic E-state index is 0.0290. The van der Waals surface area contributed by atoms with Crippen LogP contribution >= 0.6 is 11.6 Å². The second-order valence-corrected chi connectivity index (χ2v) is 7.22. The molecule has 0 atom stereocenters. The van der Waals surface area contributed by atoms with E-state index in [1.807, 2.05) is 37.3 Å². The van der Waals surface area contributed by atoms with Crippen LogP contribution in [-0.2, 0) is 13.0 Å². The van der Waals surface area contributed by atoms with Gasteiger partial charge in [0.05, 0.1) is 22.6 Å². The van der Waals surface area contributed by atoms with Gasteiger partial charge in [-0.15, -0.1) is 5.10 Å². The van der Waals surface area contributed by atoms with Gasteiger partial charge in [0.25, 0.3) is 0 Å². The molecule has 2 aromatic heterocycles. The van der Waals surface area contributed by atoms with E-state index in [2.05, 4.69) is 15.2 Å². The number of nitrogens with zero attached hydrogens (tertiary/aromatic N) is 2. The summed E-state index contributed by atoms with van der Waals surface area (Å²) in [5.74, 6) is -0.880. The maximum Gasteiger partial charge on any atom is 0.242 e. The lowest BCUT2D eigenvalue weighted by molar-refractivity contribution is 0.0988. The Labute approximate surface area is 183 Å². The quantitative estimate of drug-likeness (QED) is 0.384. The third kappa shape index (κ3) is 4.51. The lowest BCUT2D eigenvalue weighted by Gasteiger charge is -2.11. The van der Waals surface area contributed by atoms with E-state index < -0.39 is 11.6 Å². The minimum atomic E-state index is -0.777. The first-order valence-electron chi connectivity index (χ1n) is 9.70. The average Bonchev–Trinajstić information content (AvgIpc) is 3.16. The summed E-state index contributed by atoms with van der Waals surface area (Å²) in [5.41, 5.74) is 1.81. The maximum atomic E-state index is 15.1. The summed E-state index contributed by atoms with van der Waals surface area (Å²) in [5, 5.41) is 7.51. The molecule has 1 N–H and O–H groups in total. The number of nitrogens with one attached hydrogen (secondary N) is 1. The molecule has 0 amide bonds. The number of aromatic amines is 1. The first-order valence-corrected chi connectivity index (χ1v) is 10.1. The van der Waals surface area contributed by atoms with E-state index in [0.717, 1.165) is 5.56 Å². The van der Waals surface area contributed by atoms with E-state index in [1.165, 1.54) is 18.3 Å². The van der Waals surface area contributed by atoms with Gasteiger partial charge in [0.1, 0.15) is 6.61 Å². The Hall–Kier alpha value is -3.45. The monoisotopic (exact) mass is 439 g/mol. The second kappa shape index (κ2) is 9.14. The van der Waals surface area contributed by atoms with Gasteiger partial charge in [-0.25, -0.2) is 9.37 Å². The van der Waals surface area contributed by atoms with Gasteiger partial charge in [-0.3, -0.25) is 9.89 Å². The third-order valence-corrected chi connectivity index (χ3v) is 4.97. The number of hydrogen-bond acceptors (Lipinski definition) is 5. The van der Waals surface area contributed by atoms with Gasteiger partial charge >= 0.3 is 0 Å². The number of carbonyl (C=O) groups excluding carboxylic acids is 1. The van der Waals surface area contributed by atoms with Crippen molar-refractivity contribution >= 4 is 28.4 Å². The molecule has 0 bridgehead atoms. The molecule has 2 aromatic carbocycles. The molecule has 0 aliphatic heterocycles. The Kier molecular flexibility index (Phi) is 6.13. The number of ketones is 1. The number of ether oxygens (including phenoxy) is 2. The van der Waals surface area contributed by atoms with Crippen molar-refractivity contribution in [3.63, 3.8) is 0 Å². The predicted molar refractivity (Wildman–Crippen MR) is 115 cm³/mol. The fourth-order valence-electron chi connectivity index (χ4n) is 3.18. The lowest BCUT2D eigenvalue weighted by Crippen LogP contribution is -2.09. The number of rotatable bonds is 8. The standard InChI is InChI=1S/C23H19ClFN3O3/c1-2-30-23-16-10-15(12-26-22(16)27-28-23)11-18(29)20-17(24)8-9-19(21(20)25)31-13-14-6-4-3-5-7-14/h3-10,12H,2,11,13H2,1H3,(H,26,27,28). The molecule has 31 heavy (non-hydrogen) atoms. The van der Waals surface area contributed by atoms with Gasteiger partial charge in [-0.05, 0) is 36.2 Å². The van der Waals surface area contributed by atoms with E-state index >= 15 is 4.39 Å². The van der Waals surface area contributed by atoms with E-state index in [1.54, 1.807) is 6.07 Å². The molecular weight excluding hydrogens is 421 g/mol. The summed E-state index contributed by atoms with van der Waals surface area (Å²) in [6, 6.07) is 14.0. The van der Waals surface area contributed by atoms with Crippen LogP contribution in [0.2, 0.25) is 5.02 Å². The van der Waals surface area contributed by atoms with Crippen LogP contribution < -0.4 is 9.47 Å². The van der Waals surface area contributed by atoms with E-state index in [9.17, 15) is 4.79 Å². The molecule has 0 unspecified atom stereocenters. The Morgan fingerprint density at radius 3 is 2.71 bits per heavy atom. The number of carbonyl (C=O) groups is 1. The number of fused-ring (bicyclic) bond motifs is 1. The van der Waals surface area contributed by atoms with Crippen LogP contribution in [0.15, 0.2) is 54.7 Å². The lowest BCUT2D eigenvalue weighted by atomic mass is 10.0. The van der Waals surface area contributed by atoms with Crippen LogP contribution in [0.4, 0.5) is 4.39 Å². The molecule has 0 aliphatic carbocycles. The zero-order valence-electron chi connectivity index (χ0n) is 16.7. The summed E-state index contributed by atoms with van der Waals surface area (Å²) in [7, 11) is 0. The summed E-state index contributed by atoms with van der Waals surface area (Å²) < 4.78 is 26.1. The highest BCUT2D eigenvalue weighted by atomic mass is 35.5. The fourth-order valence-corrected chi connectivity index (χ4v) is 3.43. The maximum absolute atomic E-state index is 15.1. The van der Waals surface area contributed by atoms with Crippen LogP contribution in [0.25, 0.3) is 11.0 Å². The SMILES string of the molecule is CCOc1n[nH]c2ncc(CC(=O)c3c(Cl)ccc(OCc4ccccc4)c3F)cc12. The van der Waals surface area contributed by atoms with Crippen LogP contribution in [0.1, 0.15) is 28.4 Å². The van der Waals surface area contributed by atoms with Gasteiger partial charge in [-0.2, -0.15) is 0 Å². The molecule has 4 aromatic rings. The normalized spacial score (nSPS) is 10.9. The van der Waals surface area contributed by atoms with Crippen molar-refractivity contribution in [2.24, 2.45) is 0 Å². The first-order chi connectivity index (χ1) is 15.1. The number of aromatic nitrogens is 3. The van der Waals surface area contributed by atoms with E-state index in [-0.39, 0.29) is 29.4 Å². The number of H-pyrrole nitrogens is 1.